The maximum atomic E-state index is 10.4. The fraction of sp³-hybridized carbons (Fsp3) is 0.692. The number of aliphatic carboxylic acids is 1. The van der Waals surface area contributed by atoms with Gasteiger partial charge in [0.15, 0.2) is 0 Å². The lowest BCUT2D eigenvalue weighted by atomic mass is 10.1. The average Bonchev–Trinajstić information content (AvgIpc) is 2.86. The molecule has 2 N–H and O–H groups in total. The molecule has 1 fully saturated rings. The van der Waals surface area contributed by atoms with E-state index in [1.165, 1.54) is 0 Å². The van der Waals surface area contributed by atoms with E-state index in [0.717, 1.165) is 38.0 Å². The highest BCUT2D eigenvalue weighted by molar-refractivity contribution is 5.68. The number of piperidine rings is 1. The number of aromatic nitrogens is 2. The van der Waals surface area contributed by atoms with Crippen LogP contribution in [0.15, 0.2) is 12.4 Å². The summed E-state index contributed by atoms with van der Waals surface area (Å²) in [5, 5.41) is 21.6. The summed E-state index contributed by atoms with van der Waals surface area (Å²) in [7, 11) is 0. The average molecular weight is 283 g/mol. The van der Waals surface area contributed by atoms with Gasteiger partial charge in [-0.2, -0.15) is 5.10 Å². The molecule has 1 aromatic heterocycles. The van der Waals surface area contributed by atoms with Crippen molar-refractivity contribution in [2.75, 3.05) is 26.3 Å². The van der Waals surface area contributed by atoms with Crippen LogP contribution in [0, 0.1) is 0 Å². The molecule has 20 heavy (non-hydrogen) atoms. The number of carbonyl (C=O) groups is 1. The minimum atomic E-state index is -0.913. The molecule has 7 heteroatoms. The highest BCUT2D eigenvalue weighted by Crippen LogP contribution is 2.16. The smallest absolute Gasteiger partial charge is 0.329 e. The molecule has 0 radical (unpaired) electrons. The van der Waals surface area contributed by atoms with Crippen LogP contribution >= 0.6 is 0 Å². The lowest BCUT2D eigenvalue weighted by Gasteiger charge is -2.31. The number of likely N-dealkylation sites (tertiary alicyclic amines) is 1. The summed E-state index contributed by atoms with van der Waals surface area (Å²) in [5.41, 5.74) is 1.13. The maximum absolute atomic E-state index is 10.4. The molecule has 0 aromatic carbocycles. The Balaban J connectivity index is 1.72. The third-order valence-electron chi connectivity index (χ3n) is 3.40. The first-order valence-corrected chi connectivity index (χ1v) is 6.85. The number of aliphatic hydroxyl groups excluding tert-OH is 1. The molecule has 0 atom stereocenters. The summed E-state index contributed by atoms with van der Waals surface area (Å²) in [6.07, 6.45) is 5.54. The highest BCUT2D eigenvalue weighted by atomic mass is 16.5. The van der Waals surface area contributed by atoms with Gasteiger partial charge in [0, 0.05) is 31.4 Å². The van der Waals surface area contributed by atoms with Crippen LogP contribution in [-0.2, 0) is 22.6 Å². The Kier molecular flexibility index (Phi) is 5.51. The van der Waals surface area contributed by atoms with Crippen LogP contribution in [0.4, 0.5) is 0 Å². The van der Waals surface area contributed by atoms with Crippen LogP contribution < -0.4 is 0 Å². The summed E-state index contributed by atoms with van der Waals surface area (Å²) in [4.78, 5) is 12.7. The Morgan fingerprint density at radius 2 is 2.20 bits per heavy atom. The van der Waals surface area contributed by atoms with Crippen molar-refractivity contribution >= 4 is 5.97 Å². The number of rotatable bonds is 7. The molecule has 1 saturated heterocycles. The Labute approximate surface area is 117 Å². The van der Waals surface area contributed by atoms with Crippen LogP contribution in [0.1, 0.15) is 18.4 Å². The van der Waals surface area contributed by atoms with Gasteiger partial charge in [-0.15, -0.1) is 0 Å². The summed E-state index contributed by atoms with van der Waals surface area (Å²) in [5.74, 6) is -0.913. The van der Waals surface area contributed by atoms with Gasteiger partial charge >= 0.3 is 5.97 Å². The van der Waals surface area contributed by atoms with E-state index in [2.05, 4.69) is 10.00 Å². The Hall–Kier alpha value is -1.44. The topological polar surface area (TPSA) is 87.8 Å². The van der Waals surface area contributed by atoms with E-state index in [9.17, 15) is 4.79 Å². The Morgan fingerprint density at radius 1 is 1.45 bits per heavy atom. The number of hydrogen-bond acceptors (Lipinski definition) is 5. The van der Waals surface area contributed by atoms with Crippen molar-refractivity contribution in [3.63, 3.8) is 0 Å². The van der Waals surface area contributed by atoms with Gasteiger partial charge in [0.25, 0.3) is 0 Å². The van der Waals surface area contributed by atoms with Gasteiger partial charge in [-0.3, -0.25) is 9.58 Å². The summed E-state index contributed by atoms with van der Waals surface area (Å²) < 4.78 is 7.04. The van der Waals surface area contributed by atoms with Crippen molar-refractivity contribution in [3.8, 4) is 0 Å². The van der Waals surface area contributed by atoms with E-state index in [1.54, 1.807) is 4.68 Å². The second-order valence-corrected chi connectivity index (χ2v) is 5.02. The number of aliphatic hydroxyl groups is 1. The molecule has 0 unspecified atom stereocenters. The molecular formula is C13H21N3O4. The summed E-state index contributed by atoms with van der Waals surface area (Å²) in [6, 6.07) is 0. The van der Waals surface area contributed by atoms with Gasteiger partial charge in [-0.1, -0.05) is 0 Å². The van der Waals surface area contributed by atoms with Crippen molar-refractivity contribution < 1.29 is 19.7 Å². The van der Waals surface area contributed by atoms with Gasteiger partial charge in [-0.05, 0) is 12.8 Å². The first-order chi connectivity index (χ1) is 9.67. The second-order valence-electron chi connectivity index (χ2n) is 5.02. The molecular weight excluding hydrogens is 262 g/mol. The van der Waals surface area contributed by atoms with E-state index < -0.39 is 5.97 Å². The van der Waals surface area contributed by atoms with E-state index in [4.69, 9.17) is 14.9 Å². The molecule has 1 aliphatic rings. The van der Waals surface area contributed by atoms with Crippen LogP contribution in [0.5, 0.6) is 0 Å². The molecule has 112 valence electrons. The fourth-order valence-corrected chi connectivity index (χ4v) is 2.39. The Morgan fingerprint density at radius 3 is 2.85 bits per heavy atom. The lowest BCUT2D eigenvalue weighted by molar-refractivity contribution is -0.145. The first kappa shape index (κ1) is 15.0. The van der Waals surface area contributed by atoms with E-state index >= 15 is 0 Å². The number of nitrogens with zero attached hydrogens (tertiary/aromatic N) is 3. The standard InChI is InChI=1S/C13H21N3O4/c17-6-5-16-9-11(7-14-16)8-15-3-1-12(2-4-15)20-10-13(18)19/h7,9,12,17H,1-6,8,10H2,(H,18,19). The molecule has 0 amide bonds. The van der Waals surface area contributed by atoms with Crippen molar-refractivity contribution in [1.29, 1.82) is 0 Å². The molecule has 2 rings (SSSR count). The van der Waals surface area contributed by atoms with Crippen molar-refractivity contribution in [2.45, 2.75) is 32.0 Å². The maximum Gasteiger partial charge on any atom is 0.329 e. The minimum Gasteiger partial charge on any atom is -0.480 e. The van der Waals surface area contributed by atoms with Crippen LogP contribution in [0.2, 0.25) is 0 Å². The zero-order valence-corrected chi connectivity index (χ0v) is 11.4. The molecule has 1 aliphatic heterocycles. The molecule has 1 aromatic rings. The quantitative estimate of drug-likeness (QED) is 0.729. The highest BCUT2D eigenvalue weighted by Gasteiger charge is 2.20. The van der Waals surface area contributed by atoms with Gasteiger partial charge in [0.1, 0.15) is 6.61 Å². The van der Waals surface area contributed by atoms with Gasteiger partial charge < -0.3 is 14.9 Å². The zero-order valence-electron chi connectivity index (χ0n) is 11.4. The van der Waals surface area contributed by atoms with Crippen LogP contribution in [-0.4, -0.2) is 63.3 Å². The van der Waals surface area contributed by atoms with Crippen molar-refractivity contribution in [3.05, 3.63) is 18.0 Å². The molecule has 0 aliphatic carbocycles. The third kappa shape index (κ3) is 4.59. The number of ether oxygens (including phenoxy) is 1. The van der Waals surface area contributed by atoms with Gasteiger partial charge in [-0.25, -0.2) is 4.79 Å². The zero-order chi connectivity index (χ0) is 14.4. The van der Waals surface area contributed by atoms with E-state index in [-0.39, 0.29) is 19.3 Å². The number of hydrogen-bond donors (Lipinski definition) is 2. The molecule has 0 saturated carbocycles. The number of carboxylic acids is 1. The van der Waals surface area contributed by atoms with Crippen molar-refractivity contribution in [1.82, 2.24) is 14.7 Å². The number of carboxylic acid groups (broad SMARTS) is 1. The summed E-state index contributed by atoms with van der Waals surface area (Å²) >= 11 is 0. The minimum absolute atomic E-state index is 0.0551. The van der Waals surface area contributed by atoms with Crippen LogP contribution in [0.25, 0.3) is 0 Å². The van der Waals surface area contributed by atoms with E-state index in [1.807, 2.05) is 12.4 Å². The molecule has 0 spiro atoms. The summed E-state index contributed by atoms with van der Waals surface area (Å²) in [6.45, 7) is 3.03. The molecule has 7 nitrogen and oxygen atoms in total. The Bertz CT molecular complexity index is 427. The third-order valence-corrected chi connectivity index (χ3v) is 3.40. The van der Waals surface area contributed by atoms with E-state index in [0.29, 0.717) is 6.54 Å². The first-order valence-electron chi connectivity index (χ1n) is 6.85. The van der Waals surface area contributed by atoms with Crippen molar-refractivity contribution in [2.24, 2.45) is 0 Å². The predicted octanol–water partition coefficient (Wildman–Crippen LogP) is -0.0590. The largest absolute Gasteiger partial charge is 0.480 e. The lowest BCUT2D eigenvalue weighted by Crippen LogP contribution is -2.37. The second kappa shape index (κ2) is 7.37. The molecule has 0 bridgehead atoms. The normalized spacial score (nSPS) is 17.4. The monoisotopic (exact) mass is 283 g/mol. The fourth-order valence-electron chi connectivity index (χ4n) is 2.39. The SMILES string of the molecule is O=C(O)COC1CCN(Cc2cnn(CCO)c2)CC1. The molecule has 2 heterocycles. The van der Waals surface area contributed by atoms with Gasteiger partial charge in [0.2, 0.25) is 0 Å². The predicted molar refractivity (Wildman–Crippen MR) is 71.2 cm³/mol. The van der Waals surface area contributed by atoms with Gasteiger partial charge in [0.05, 0.1) is 25.5 Å². The van der Waals surface area contributed by atoms with Crippen LogP contribution in [0.3, 0.4) is 0 Å².